The van der Waals surface area contributed by atoms with Gasteiger partial charge in [0.1, 0.15) is 5.82 Å². The molecule has 1 unspecified atom stereocenters. The number of hydrogen-bond acceptors (Lipinski definition) is 4. The maximum Gasteiger partial charge on any atom is 0.253 e. The fourth-order valence-corrected chi connectivity index (χ4v) is 3.81. The Balaban J connectivity index is 1.54. The summed E-state index contributed by atoms with van der Waals surface area (Å²) in [6.07, 6.45) is 2.65. The summed E-state index contributed by atoms with van der Waals surface area (Å²) in [4.78, 5) is 14.9. The van der Waals surface area contributed by atoms with E-state index in [1.54, 1.807) is 17.9 Å². The summed E-state index contributed by atoms with van der Waals surface area (Å²) in [6, 6.07) is 9.91. The number of nitrogens with zero attached hydrogens (tertiary/aromatic N) is 5. The molecule has 1 saturated heterocycles. The number of amides is 1. The van der Waals surface area contributed by atoms with Gasteiger partial charge in [-0.05, 0) is 44.0 Å². The van der Waals surface area contributed by atoms with Crippen molar-refractivity contribution in [3.05, 3.63) is 53.5 Å². The van der Waals surface area contributed by atoms with Crippen molar-refractivity contribution in [3.63, 3.8) is 0 Å². The average molecular weight is 364 g/mol. The van der Waals surface area contributed by atoms with Gasteiger partial charge in [0, 0.05) is 37.0 Å². The zero-order chi connectivity index (χ0) is 19.1. The molecule has 2 N–H and O–H groups in total. The lowest BCUT2D eigenvalue weighted by atomic mass is 10.0. The van der Waals surface area contributed by atoms with E-state index in [9.17, 15) is 4.79 Å². The Morgan fingerprint density at radius 1 is 1.26 bits per heavy atom. The molecule has 1 aliphatic rings. The number of benzene rings is 1. The Hall–Kier alpha value is -3.09. The van der Waals surface area contributed by atoms with Crippen molar-refractivity contribution in [2.75, 3.05) is 18.8 Å². The molecule has 1 amide bonds. The third kappa shape index (κ3) is 3.09. The minimum Gasteiger partial charge on any atom is -0.383 e. The number of aromatic nitrogens is 4. The SMILES string of the molecule is Cc1cc(C)n(C2CCN(C(=O)c3cccc(-c4cnn(C)c4N)c3)C2)n1. The van der Waals surface area contributed by atoms with E-state index < -0.39 is 0 Å². The number of carbonyl (C=O) groups excluding carboxylic acids is 1. The first kappa shape index (κ1) is 17.3. The van der Waals surface area contributed by atoms with Crippen molar-refractivity contribution in [2.24, 2.45) is 7.05 Å². The van der Waals surface area contributed by atoms with Gasteiger partial charge in [-0.2, -0.15) is 10.2 Å². The molecule has 3 aromatic rings. The fraction of sp³-hybridized carbons (Fsp3) is 0.350. The van der Waals surface area contributed by atoms with Crippen LogP contribution in [0.15, 0.2) is 36.5 Å². The molecular formula is C20H24N6O. The summed E-state index contributed by atoms with van der Waals surface area (Å²) in [7, 11) is 1.80. The summed E-state index contributed by atoms with van der Waals surface area (Å²) in [5, 5.41) is 8.76. The Kier molecular flexibility index (Phi) is 4.22. The van der Waals surface area contributed by atoms with Crippen LogP contribution in [0.2, 0.25) is 0 Å². The lowest BCUT2D eigenvalue weighted by Gasteiger charge is -2.18. The van der Waals surface area contributed by atoms with E-state index in [0.717, 1.165) is 35.5 Å². The topological polar surface area (TPSA) is 82.0 Å². The van der Waals surface area contributed by atoms with Gasteiger partial charge in [0.05, 0.1) is 17.9 Å². The number of hydrogen-bond donors (Lipinski definition) is 1. The van der Waals surface area contributed by atoms with Gasteiger partial charge >= 0.3 is 0 Å². The summed E-state index contributed by atoms with van der Waals surface area (Å²) in [5.74, 6) is 0.633. The Bertz CT molecular complexity index is 1000. The van der Waals surface area contributed by atoms with Crippen molar-refractivity contribution in [3.8, 4) is 11.1 Å². The lowest BCUT2D eigenvalue weighted by molar-refractivity contribution is 0.0787. The van der Waals surface area contributed by atoms with E-state index in [4.69, 9.17) is 5.73 Å². The number of aryl methyl sites for hydroxylation is 3. The number of anilines is 1. The van der Waals surface area contributed by atoms with Crippen LogP contribution in [0.4, 0.5) is 5.82 Å². The molecule has 27 heavy (non-hydrogen) atoms. The molecule has 140 valence electrons. The van der Waals surface area contributed by atoms with Gasteiger partial charge in [0.25, 0.3) is 5.91 Å². The molecular weight excluding hydrogens is 340 g/mol. The summed E-state index contributed by atoms with van der Waals surface area (Å²) in [5.41, 5.74) is 10.6. The maximum absolute atomic E-state index is 13.0. The molecule has 0 radical (unpaired) electrons. The first-order valence-electron chi connectivity index (χ1n) is 9.14. The number of carbonyl (C=O) groups is 1. The number of rotatable bonds is 3. The zero-order valence-corrected chi connectivity index (χ0v) is 15.9. The van der Waals surface area contributed by atoms with Crippen LogP contribution in [-0.4, -0.2) is 43.5 Å². The van der Waals surface area contributed by atoms with Crippen LogP contribution in [0.25, 0.3) is 11.1 Å². The highest BCUT2D eigenvalue weighted by Crippen LogP contribution is 2.28. The van der Waals surface area contributed by atoms with Crippen molar-refractivity contribution < 1.29 is 4.79 Å². The Labute approximate surface area is 158 Å². The highest BCUT2D eigenvalue weighted by Gasteiger charge is 2.29. The van der Waals surface area contributed by atoms with Crippen LogP contribution >= 0.6 is 0 Å². The maximum atomic E-state index is 13.0. The summed E-state index contributed by atoms with van der Waals surface area (Å²) < 4.78 is 3.68. The molecule has 1 atom stereocenters. The van der Waals surface area contributed by atoms with Gasteiger partial charge in [0.2, 0.25) is 0 Å². The molecule has 0 bridgehead atoms. The molecule has 2 aromatic heterocycles. The first-order chi connectivity index (χ1) is 12.9. The fourth-order valence-electron chi connectivity index (χ4n) is 3.81. The minimum absolute atomic E-state index is 0.0448. The molecule has 1 aromatic carbocycles. The van der Waals surface area contributed by atoms with E-state index in [1.165, 1.54) is 0 Å². The second-order valence-corrected chi connectivity index (χ2v) is 7.21. The first-order valence-corrected chi connectivity index (χ1v) is 9.14. The molecule has 1 aliphatic heterocycles. The standard InChI is InChI=1S/C20H24N6O/c1-13-9-14(2)26(23-13)17-7-8-25(12-17)20(27)16-6-4-5-15(10-16)18-11-22-24(3)19(18)21/h4-6,9-11,17H,7-8,12,21H2,1-3H3. The highest BCUT2D eigenvalue weighted by atomic mass is 16.2. The van der Waals surface area contributed by atoms with Crippen LogP contribution in [-0.2, 0) is 7.05 Å². The van der Waals surface area contributed by atoms with Crippen LogP contribution in [0.3, 0.4) is 0 Å². The van der Waals surface area contributed by atoms with E-state index in [-0.39, 0.29) is 11.9 Å². The molecule has 7 nitrogen and oxygen atoms in total. The van der Waals surface area contributed by atoms with Crippen molar-refractivity contribution in [1.82, 2.24) is 24.5 Å². The van der Waals surface area contributed by atoms with Gasteiger partial charge in [-0.25, -0.2) is 0 Å². The number of likely N-dealkylation sites (tertiary alicyclic amines) is 1. The second kappa shape index (κ2) is 6.57. The minimum atomic E-state index is 0.0448. The normalized spacial score (nSPS) is 16.9. The van der Waals surface area contributed by atoms with Crippen LogP contribution in [0.1, 0.15) is 34.2 Å². The quantitative estimate of drug-likeness (QED) is 0.774. The monoisotopic (exact) mass is 364 g/mol. The van der Waals surface area contributed by atoms with E-state index in [2.05, 4.69) is 27.9 Å². The van der Waals surface area contributed by atoms with Crippen molar-refractivity contribution in [2.45, 2.75) is 26.3 Å². The zero-order valence-electron chi connectivity index (χ0n) is 15.9. The average Bonchev–Trinajstić information content (AvgIpc) is 3.35. The predicted octanol–water partition coefficient (Wildman–Crippen LogP) is 2.57. The number of nitrogen functional groups attached to an aromatic ring is 1. The molecule has 7 heteroatoms. The predicted molar refractivity (Wildman–Crippen MR) is 104 cm³/mol. The van der Waals surface area contributed by atoms with Gasteiger partial charge in [-0.15, -0.1) is 0 Å². The third-order valence-electron chi connectivity index (χ3n) is 5.25. The van der Waals surface area contributed by atoms with Crippen LogP contribution in [0.5, 0.6) is 0 Å². The van der Waals surface area contributed by atoms with Gasteiger partial charge in [-0.1, -0.05) is 12.1 Å². The molecule has 0 spiro atoms. The van der Waals surface area contributed by atoms with E-state index in [0.29, 0.717) is 17.9 Å². The summed E-state index contributed by atoms with van der Waals surface area (Å²) >= 11 is 0. The Morgan fingerprint density at radius 3 is 2.74 bits per heavy atom. The van der Waals surface area contributed by atoms with Crippen LogP contribution < -0.4 is 5.73 Å². The second-order valence-electron chi connectivity index (χ2n) is 7.21. The van der Waals surface area contributed by atoms with Crippen molar-refractivity contribution >= 4 is 11.7 Å². The molecule has 4 rings (SSSR count). The van der Waals surface area contributed by atoms with E-state index in [1.807, 2.05) is 36.1 Å². The smallest absolute Gasteiger partial charge is 0.253 e. The third-order valence-corrected chi connectivity index (χ3v) is 5.25. The Morgan fingerprint density at radius 2 is 2.07 bits per heavy atom. The molecule has 1 fully saturated rings. The van der Waals surface area contributed by atoms with Gasteiger partial charge in [-0.3, -0.25) is 14.2 Å². The number of nitrogens with two attached hydrogens (primary N) is 1. The molecule has 0 saturated carbocycles. The van der Waals surface area contributed by atoms with Gasteiger partial charge in [0.15, 0.2) is 0 Å². The molecule has 0 aliphatic carbocycles. The highest BCUT2D eigenvalue weighted by molar-refractivity contribution is 5.96. The molecule has 3 heterocycles. The lowest BCUT2D eigenvalue weighted by Crippen LogP contribution is -2.29. The van der Waals surface area contributed by atoms with Crippen molar-refractivity contribution in [1.29, 1.82) is 0 Å². The van der Waals surface area contributed by atoms with Crippen LogP contribution in [0, 0.1) is 13.8 Å². The summed E-state index contributed by atoms with van der Waals surface area (Å²) in [6.45, 7) is 5.48. The van der Waals surface area contributed by atoms with Gasteiger partial charge < -0.3 is 10.6 Å². The largest absolute Gasteiger partial charge is 0.383 e. The van der Waals surface area contributed by atoms with E-state index >= 15 is 0 Å².